The number of nitro benzene ring substituents is 1. The molecular weight excluding hydrogens is 352 g/mol. The molecule has 0 radical (unpaired) electrons. The predicted octanol–water partition coefficient (Wildman–Crippen LogP) is 1.79. The van der Waals surface area contributed by atoms with Crippen molar-refractivity contribution in [3.8, 4) is 0 Å². The maximum Gasteiger partial charge on any atom is 0.278 e. The Labute approximate surface area is 153 Å². The van der Waals surface area contributed by atoms with Crippen LogP contribution < -0.4 is 10.5 Å². The van der Waals surface area contributed by atoms with Gasteiger partial charge in [-0.2, -0.15) is 4.98 Å². The lowest BCUT2D eigenvalue weighted by Gasteiger charge is -2.23. The Kier molecular flexibility index (Phi) is 4.97. The van der Waals surface area contributed by atoms with Gasteiger partial charge in [0.05, 0.1) is 11.3 Å². The molecule has 0 aliphatic carbocycles. The van der Waals surface area contributed by atoms with E-state index < -0.39 is 10.5 Å². The molecule has 10 nitrogen and oxygen atoms in total. The number of rotatable bonds is 6. The zero-order valence-corrected chi connectivity index (χ0v) is 14.8. The number of anilines is 1. The van der Waals surface area contributed by atoms with Gasteiger partial charge in [0, 0.05) is 24.6 Å². The minimum Gasteiger partial charge on any atom is -0.339 e. The van der Waals surface area contributed by atoms with Gasteiger partial charge in [0.2, 0.25) is 11.9 Å². The number of carbonyl (C=O) groups is 1. The maximum atomic E-state index is 12.6. The Morgan fingerprint density at radius 1 is 1.30 bits per heavy atom. The fourth-order valence-corrected chi connectivity index (χ4v) is 2.62. The minimum absolute atomic E-state index is 0.00356. The summed E-state index contributed by atoms with van der Waals surface area (Å²) in [4.78, 5) is 50.1. The molecule has 140 valence electrons. The van der Waals surface area contributed by atoms with Crippen LogP contribution in [0, 0.1) is 16.0 Å². The molecule has 0 saturated heterocycles. The largest absolute Gasteiger partial charge is 0.339 e. The Bertz CT molecular complexity index is 1040. The molecule has 3 rings (SSSR count). The third kappa shape index (κ3) is 3.84. The Balaban J connectivity index is 1.88. The molecule has 0 unspecified atom stereocenters. The average molecular weight is 370 g/mol. The highest BCUT2D eigenvalue weighted by Gasteiger charge is 2.22. The van der Waals surface area contributed by atoms with Gasteiger partial charge in [-0.15, -0.1) is 0 Å². The van der Waals surface area contributed by atoms with Crippen LogP contribution in [0.2, 0.25) is 0 Å². The second-order valence-corrected chi connectivity index (χ2v) is 6.31. The third-order valence-corrected chi connectivity index (χ3v) is 4.07. The van der Waals surface area contributed by atoms with Crippen LogP contribution in [-0.4, -0.2) is 37.3 Å². The first-order valence-corrected chi connectivity index (χ1v) is 8.35. The molecule has 0 fully saturated rings. The van der Waals surface area contributed by atoms with Crippen LogP contribution in [0.25, 0.3) is 11.2 Å². The number of amides is 1. The van der Waals surface area contributed by atoms with Crippen LogP contribution in [-0.2, 0) is 11.2 Å². The highest BCUT2D eigenvalue weighted by molar-refractivity contribution is 5.93. The Morgan fingerprint density at radius 2 is 2.00 bits per heavy atom. The molecule has 27 heavy (non-hydrogen) atoms. The highest BCUT2D eigenvalue weighted by atomic mass is 16.6. The van der Waals surface area contributed by atoms with Crippen molar-refractivity contribution in [2.45, 2.75) is 20.3 Å². The van der Waals surface area contributed by atoms with Crippen molar-refractivity contribution >= 4 is 28.7 Å². The van der Waals surface area contributed by atoms with E-state index in [1.807, 2.05) is 0 Å². The number of aromatic nitrogens is 4. The van der Waals surface area contributed by atoms with E-state index in [2.05, 4.69) is 19.9 Å². The fraction of sp³-hybridized carbons (Fsp3) is 0.294. The number of nitro groups is 1. The summed E-state index contributed by atoms with van der Waals surface area (Å²) in [6, 6.07) is 6.12. The number of non-ortho nitro benzene ring substituents is 1. The lowest BCUT2D eigenvalue weighted by molar-refractivity contribution is -0.384. The first-order chi connectivity index (χ1) is 12.9. The van der Waals surface area contributed by atoms with Crippen LogP contribution in [0.3, 0.4) is 0 Å². The quantitative estimate of drug-likeness (QED) is 0.501. The van der Waals surface area contributed by atoms with E-state index in [0.29, 0.717) is 6.42 Å². The van der Waals surface area contributed by atoms with Gasteiger partial charge < -0.3 is 4.98 Å². The van der Waals surface area contributed by atoms with Crippen molar-refractivity contribution in [1.82, 2.24) is 19.9 Å². The van der Waals surface area contributed by atoms with Crippen LogP contribution >= 0.6 is 0 Å². The van der Waals surface area contributed by atoms with Crippen molar-refractivity contribution in [3.63, 3.8) is 0 Å². The summed E-state index contributed by atoms with van der Waals surface area (Å²) in [6.07, 6.45) is 1.81. The monoisotopic (exact) mass is 370 g/mol. The minimum atomic E-state index is -0.466. The molecule has 3 aromatic rings. The van der Waals surface area contributed by atoms with E-state index in [0.717, 1.165) is 5.56 Å². The van der Waals surface area contributed by atoms with Crippen molar-refractivity contribution in [3.05, 3.63) is 56.6 Å². The van der Waals surface area contributed by atoms with Crippen molar-refractivity contribution in [2.24, 2.45) is 5.92 Å². The van der Waals surface area contributed by atoms with E-state index in [9.17, 15) is 19.7 Å². The van der Waals surface area contributed by atoms with Gasteiger partial charge in [0.1, 0.15) is 0 Å². The summed E-state index contributed by atoms with van der Waals surface area (Å²) < 4.78 is 0. The molecule has 2 heterocycles. The number of imidazole rings is 1. The van der Waals surface area contributed by atoms with Gasteiger partial charge in [0.25, 0.3) is 11.2 Å². The number of hydrogen-bond acceptors (Lipinski definition) is 6. The number of nitrogens with one attached hydrogen (secondary N) is 2. The number of hydrogen-bond donors (Lipinski definition) is 2. The molecule has 0 bridgehead atoms. The highest BCUT2D eigenvalue weighted by Crippen LogP contribution is 2.16. The van der Waals surface area contributed by atoms with Crippen molar-refractivity contribution < 1.29 is 9.72 Å². The van der Waals surface area contributed by atoms with E-state index in [1.165, 1.54) is 23.4 Å². The first kappa shape index (κ1) is 18.2. The smallest absolute Gasteiger partial charge is 0.278 e. The number of fused-ring (bicyclic) bond motifs is 1. The lowest BCUT2D eigenvalue weighted by Crippen LogP contribution is -2.38. The summed E-state index contributed by atoms with van der Waals surface area (Å²) in [6.45, 7) is 3.77. The van der Waals surface area contributed by atoms with Gasteiger partial charge in [-0.25, -0.2) is 4.98 Å². The van der Waals surface area contributed by atoms with Gasteiger partial charge in [-0.3, -0.25) is 29.6 Å². The second-order valence-electron chi connectivity index (χ2n) is 6.31. The predicted molar refractivity (Wildman–Crippen MR) is 98.5 cm³/mol. The van der Waals surface area contributed by atoms with Crippen LogP contribution in [0.15, 0.2) is 35.4 Å². The van der Waals surface area contributed by atoms with Crippen LogP contribution in [0.1, 0.15) is 19.4 Å². The number of nitrogens with zero attached hydrogens (tertiary/aromatic N) is 4. The van der Waals surface area contributed by atoms with E-state index in [-0.39, 0.29) is 41.2 Å². The number of carbonyl (C=O) groups excluding carboxylic acids is 1. The summed E-state index contributed by atoms with van der Waals surface area (Å²) in [5.74, 6) is -0.378. The second kappa shape index (κ2) is 7.36. The molecule has 10 heteroatoms. The van der Waals surface area contributed by atoms with Crippen molar-refractivity contribution in [1.29, 1.82) is 0 Å². The number of H-pyrrole nitrogens is 2. The standard InChI is InChI=1S/C17H18N6O4/c1-10(2)16(25)22(8-7-11-3-5-12(6-4-11)23(26)27)17-20-14-13(15(24)21-17)18-9-19-14/h3-6,9-10H,7-8H2,1-2H3,(H2,18,19,20,21,24). The summed E-state index contributed by atoms with van der Waals surface area (Å²) in [7, 11) is 0. The van der Waals surface area contributed by atoms with E-state index >= 15 is 0 Å². The number of aromatic amines is 2. The molecule has 0 atom stereocenters. The fourth-order valence-electron chi connectivity index (χ4n) is 2.62. The van der Waals surface area contributed by atoms with E-state index in [1.54, 1.807) is 26.0 Å². The zero-order chi connectivity index (χ0) is 19.6. The molecule has 0 aliphatic heterocycles. The molecule has 1 aromatic carbocycles. The van der Waals surface area contributed by atoms with Crippen molar-refractivity contribution in [2.75, 3.05) is 11.4 Å². The third-order valence-electron chi connectivity index (χ3n) is 4.07. The zero-order valence-electron chi connectivity index (χ0n) is 14.8. The average Bonchev–Trinajstić information content (AvgIpc) is 3.11. The van der Waals surface area contributed by atoms with Gasteiger partial charge in [0.15, 0.2) is 11.2 Å². The molecular formula is C17H18N6O4. The van der Waals surface area contributed by atoms with Gasteiger partial charge in [-0.05, 0) is 12.0 Å². The van der Waals surface area contributed by atoms with E-state index in [4.69, 9.17) is 0 Å². The lowest BCUT2D eigenvalue weighted by atomic mass is 10.1. The molecule has 1 amide bonds. The first-order valence-electron chi connectivity index (χ1n) is 8.35. The molecule has 2 aromatic heterocycles. The van der Waals surface area contributed by atoms with Gasteiger partial charge in [-0.1, -0.05) is 26.0 Å². The summed E-state index contributed by atoms with van der Waals surface area (Å²) in [5, 5.41) is 10.7. The molecule has 2 N–H and O–H groups in total. The summed E-state index contributed by atoms with van der Waals surface area (Å²) in [5.41, 5.74) is 0.885. The van der Waals surface area contributed by atoms with Crippen LogP contribution in [0.5, 0.6) is 0 Å². The number of benzene rings is 1. The Morgan fingerprint density at radius 3 is 2.63 bits per heavy atom. The molecule has 0 saturated carbocycles. The van der Waals surface area contributed by atoms with Gasteiger partial charge >= 0.3 is 0 Å². The SMILES string of the molecule is CC(C)C(=O)N(CCc1ccc([N+](=O)[O-])cc1)c1nc2nc[nH]c2c(=O)[nH]1. The Hall–Kier alpha value is -3.56. The topological polar surface area (TPSA) is 138 Å². The maximum absolute atomic E-state index is 12.6. The molecule has 0 spiro atoms. The van der Waals surface area contributed by atoms with Crippen LogP contribution in [0.4, 0.5) is 11.6 Å². The normalized spacial score (nSPS) is 11.1. The summed E-state index contributed by atoms with van der Waals surface area (Å²) >= 11 is 0. The molecule has 0 aliphatic rings.